The van der Waals surface area contributed by atoms with Gasteiger partial charge in [0, 0.05) is 5.69 Å². The Morgan fingerprint density at radius 3 is 2.70 bits per heavy atom. The summed E-state index contributed by atoms with van der Waals surface area (Å²) in [6.45, 7) is 6.00. The van der Waals surface area contributed by atoms with Crippen LogP contribution >= 0.6 is 11.6 Å². The van der Waals surface area contributed by atoms with Crippen LogP contribution in [0.1, 0.15) is 13.8 Å². The molecule has 1 aliphatic heterocycles. The van der Waals surface area contributed by atoms with Gasteiger partial charge in [0.15, 0.2) is 6.54 Å². The summed E-state index contributed by atoms with van der Waals surface area (Å²) in [5.74, 6) is -0.602. The molecular weight excluding hydrogens is 283 g/mol. The van der Waals surface area contributed by atoms with Gasteiger partial charge in [-0.1, -0.05) is 11.6 Å². The van der Waals surface area contributed by atoms with Gasteiger partial charge in [-0.25, -0.2) is 4.39 Å². The Kier molecular flexibility index (Phi) is 4.96. The van der Waals surface area contributed by atoms with Crippen LogP contribution in [0.3, 0.4) is 0 Å². The van der Waals surface area contributed by atoms with E-state index in [0.717, 1.165) is 13.1 Å². The minimum atomic E-state index is -0.494. The molecule has 6 heteroatoms. The summed E-state index contributed by atoms with van der Waals surface area (Å²) >= 11 is 5.68. The van der Waals surface area contributed by atoms with Crippen molar-refractivity contribution in [1.82, 2.24) is 0 Å². The summed E-state index contributed by atoms with van der Waals surface area (Å²) in [7, 11) is 0. The maximum absolute atomic E-state index is 13.0. The number of ether oxygens (including phenoxy) is 1. The first-order valence-electron chi connectivity index (χ1n) is 6.68. The summed E-state index contributed by atoms with van der Waals surface area (Å²) in [5, 5.41) is 2.74. The fourth-order valence-corrected chi connectivity index (χ4v) is 2.72. The zero-order chi connectivity index (χ0) is 14.7. The number of amides is 1. The number of nitrogens with one attached hydrogen (secondary N) is 2. The SMILES string of the molecule is C[C@H]1C[NH+](CC(=O)Nc2ccc(F)c(Cl)c2)C[C@H](C)O1. The molecule has 1 aromatic rings. The van der Waals surface area contributed by atoms with Gasteiger partial charge in [-0.3, -0.25) is 4.79 Å². The Balaban J connectivity index is 1.90. The monoisotopic (exact) mass is 301 g/mol. The number of hydrogen-bond donors (Lipinski definition) is 2. The van der Waals surface area contributed by atoms with Gasteiger partial charge >= 0.3 is 0 Å². The number of carbonyl (C=O) groups is 1. The van der Waals surface area contributed by atoms with E-state index < -0.39 is 5.82 Å². The third-order valence-electron chi connectivity index (χ3n) is 3.23. The molecule has 1 aromatic carbocycles. The van der Waals surface area contributed by atoms with E-state index in [0.29, 0.717) is 12.2 Å². The average Bonchev–Trinajstić information content (AvgIpc) is 2.32. The van der Waals surface area contributed by atoms with E-state index in [1.807, 2.05) is 13.8 Å². The van der Waals surface area contributed by atoms with Crippen LogP contribution < -0.4 is 10.2 Å². The minimum Gasteiger partial charge on any atom is -0.364 e. The molecule has 0 aliphatic carbocycles. The Bertz CT molecular complexity index is 488. The fourth-order valence-electron chi connectivity index (χ4n) is 2.54. The highest BCUT2D eigenvalue weighted by atomic mass is 35.5. The molecule has 1 amide bonds. The molecular formula is C14H19ClFN2O2+. The second-order valence-corrected chi connectivity index (χ2v) is 5.68. The number of benzene rings is 1. The first-order valence-corrected chi connectivity index (χ1v) is 7.05. The third-order valence-corrected chi connectivity index (χ3v) is 3.52. The smallest absolute Gasteiger partial charge is 0.279 e. The number of hydrogen-bond acceptors (Lipinski definition) is 2. The fraction of sp³-hybridized carbons (Fsp3) is 0.500. The standard InChI is InChI=1S/C14H18ClFN2O2/c1-9-6-18(7-10(2)20-9)8-14(19)17-11-3-4-13(16)12(15)5-11/h3-5,9-10H,6-8H2,1-2H3,(H,17,19)/p+1/t9-,10-/m0/s1. The molecule has 2 rings (SSSR count). The van der Waals surface area contributed by atoms with E-state index in [-0.39, 0.29) is 23.1 Å². The van der Waals surface area contributed by atoms with Crippen molar-refractivity contribution in [3.8, 4) is 0 Å². The lowest BCUT2D eigenvalue weighted by atomic mass is 10.2. The number of rotatable bonds is 3. The molecule has 1 aliphatic rings. The first kappa shape index (κ1) is 15.2. The summed E-state index contributed by atoms with van der Waals surface area (Å²) < 4.78 is 18.7. The van der Waals surface area contributed by atoms with Crippen molar-refractivity contribution in [2.45, 2.75) is 26.1 Å². The second-order valence-electron chi connectivity index (χ2n) is 5.27. The Morgan fingerprint density at radius 1 is 1.45 bits per heavy atom. The van der Waals surface area contributed by atoms with Gasteiger partial charge in [0.05, 0.1) is 5.02 Å². The maximum Gasteiger partial charge on any atom is 0.279 e. The lowest BCUT2D eigenvalue weighted by molar-refractivity contribution is -0.907. The lowest BCUT2D eigenvalue weighted by Crippen LogP contribution is -3.16. The van der Waals surface area contributed by atoms with Gasteiger partial charge in [-0.15, -0.1) is 0 Å². The van der Waals surface area contributed by atoms with Crippen molar-refractivity contribution in [1.29, 1.82) is 0 Å². The maximum atomic E-state index is 13.0. The van der Waals surface area contributed by atoms with E-state index in [1.165, 1.54) is 23.1 Å². The molecule has 0 spiro atoms. The van der Waals surface area contributed by atoms with E-state index in [9.17, 15) is 9.18 Å². The molecule has 0 unspecified atom stereocenters. The Labute approximate surface area is 122 Å². The van der Waals surface area contributed by atoms with Crippen LogP contribution in [0.15, 0.2) is 18.2 Å². The molecule has 0 bridgehead atoms. The summed E-state index contributed by atoms with van der Waals surface area (Å²) in [4.78, 5) is 13.2. The van der Waals surface area contributed by atoms with Gasteiger partial charge in [-0.2, -0.15) is 0 Å². The quantitative estimate of drug-likeness (QED) is 0.878. The van der Waals surface area contributed by atoms with Crippen LogP contribution in [-0.2, 0) is 9.53 Å². The van der Waals surface area contributed by atoms with E-state index in [2.05, 4.69) is 5.32 Å². The van der Waals surface area contributed by atoms with Crippen molar-refractivity contribution in [2.75, 3.05) is 25.0 Å². The van der Waals surface area contributed by atoms with E-state index in [1.54, 1.807) is 0 Å². The normalized spacial score (nSPS) is 26.3. The Hall–Kier alpha value is -1.17. The predicted octanol–water partition coefficient (Wildman–Crippen LogP) is 1.11. The molecule has 2 N–H and O–H groups in total. The predicted molar refractivity (Wildman–Crippen MR) is 75.6 cm³/mol. The van der Waals surface area contributed by atoms with Gasteiger partial charge in [-0.05, 0) is 32.0 Å². The van der Waals surface area contributed by atoms with Gasteiger partial charge in [0.2, 0.25) is 0 Å². The van der Waals surface area contributed by atoms with Gasteiger partial charge in [0.1, 0.15) is 31.1 Å². The van der Waals surface area contributed by atoms with Crippen LogP contribution in [0.4, 0.5) is 10.1 Å². The summed E-state index contributed by atoms with van der Waals surface area (Å²) in [6.07, 6.45) is 0.309. The number of halogens is 2. The molecule has 20 heavy (non-hydrogen) atoms. The molecule has 1 fully saturated rings. The zero-order valence-electron chi connectivity index (χ0n) is 11.6. The number of quaternary nitrogens is 1. The van der Waals surface area contributed by atoms with Crippen molar-refractivity contribution in [2.24, 2.45) is 0 Å². The molecule has 0 radical (unpaired) electrons. The summed E-state index contributed by atoms with van der Waals surface area (Å²) in [6, 6.07) is 4.15. The molecule has 1 heterocycles. The highest BCUT2D eigenvalue weighted by Crippen LogP contribution is 2.19. The highest BCUT2D eigenvalue weighted by Gasteiger charge is 2.27. The second kappa shape index (κ2) is 6.52. The van der Waals surface area contributed by atoms with Crippen molar-refractivity contribution < 1.29 is 18.8 Å². The zero-order valence-corrected chi connectivity index (χ0v) is 12.3. The van der Waals surface area contributed by atoms with Crippen molar-refractivity contribution in [3.05, 3.63) is 29.0 Å². The first-order chi connectivity index (χ1) is 9.44. The number of morpholine rings is 1. The molecule has 110 valence electrons. The topological polar surface area (TPSA) is 42.8 Å². The molecule has 4 nitrogen and oxygen atoms in total. The van der Waals surface area contributed by atoms with E-state index >= 15 is 0 Å². The van der Waals surface area contributed by atoms with Gasteiger partial charge in [0.25, 0.3) is 5.91 Å². The third kappa shape index (κ3) is 4.16. The molecule has 2 atom stereocenters. The molecule has 0 aromatic heterocycles. The van der Waals surface area contributed by atoms with Gasteiger partial charge < -0.3 is 15.0 Å². The largest absolute Gasteiger partial charge is 0.364 e. The molecule has 0 saturated carbocycles. The van der Waals surface area contributed by atoms with Crippen molar-refractivity contribution >= 4 is 23.2 Å². The van der Waals surface area contributed by atoms with Crippen LogP contribution in [-0.4, -0.2) is 37.7 Å². The van der Waals surface area contributed by atoms with Crippen LogP contribution in [0.5, 0.6) is 0 Å². The lowest BCUT2D eigenvalue weighted by Gasteiger charge is -2.31. The Morgan fingerprint density at radius 2 is 2.10 bits per heavy atom. The number of anilines is 1. The highest BCUT2D eigenvalue weighted by molar-refractivity contribution is 6.31. The number of carbonyl (C=O) groups excluding carboxylic acids is 1. The van der Waals surface area contributed by atoms with E-state index in [4.69, 9.17) is 16.3 Å². The van der Waals surface area contributed by atoms with Crippen molar-refractivity contribution in [3.63, 3.8) is 0 Å². The van der Waals surface area contributed by atoms with Crippen LogP contribution in [0, 0.1) is 5.82 Å². The van der Waals surface area contributed by atoms with Crippen LogP contribution in [0.25, 0.3) is 0 Å². The average molecular weight is 302 g/mol. The van der Waals surface area contributed by atoms with Crippen LogP contribution in [0.2, 0.25) is 5.02 Å². The minimum absolute atomic E-state index is 0.00349. The molecule has 1 saturated heterocycles. The summed E-state index contributed by atoms with van der Waals surface area (Å²) in [5.41, 5.74) is 0.509.